The molecule has 1 amide bonds. The van der Waals surface area contributed by atoms with Crippen LogP contribution in [0.3, 0.4) is 0 Å². The summed E-state index contributed by atoms with van der Waals surface area (Å²) in [6, 6.07) is 3.76. The van der Waals surface area contributed by atoms with Crippen molar-refractivity contribution >= 4 is 30.1 Å². The summed E-state index contributed by atoms with van der Waals surface area (Å²) in [6.45, 7) is 4.24. The van der Waals surface area contributed by atoms with Crippen LogP contribution in [0.4, 0.5) is 0 Å². The average molecular weight is 276 g/mol. The topological polar surface area (TPSA) is 68.0 Å². The lowest BCUT2D eigenvalue weighted by Crippen LogP contribution is -2.49. The number of nitrogens with two attached hydrogens (primary N) is 1. The maximum absolute atomic E-state index is 11.6. The summed E-state index contributed by atoms with van der Waals surface area (Å²) >= 11 is 1.49. The van der Waals surface area contributed by atoms with Crippen molar-refractivity contribution in [3.05, 3.63) is 24.5 Å². The molecular formula is C11H18ClN3OS. The number of hydrogen-bond acceptors (Lipinski definition) is 4. The van der Waals surface area contributed by atoms with Crippen LogP contribution in [0.5, 0.6) is 0 Å². The Balaban J connectivity index is 0.00000256. The van der Waals surface area contributed by atoms with Gasteiger partial charge in [0.05, 0.1) is 5.75 Å². The summed E-state index contributed by atoms with van der Waals surface area (Å²) < 4.78 is 0. The van der Waals surface area contributed by atoms with Gasteiger partial charge in [0.1, 0.15) is 0 Å². The van der Waals surface area contributed by atoms with E-state index in [0.717, 1.165) is 4.90 Å². The van der Waals surface area contributed by atoms with Crippen LogP contribution in [0.1, 0.15) is 13.8 Å². The fourth-order valence-electron chi connectivity index (χ4n) is 1.05. The summed E-state index contributed by atoms with van der Waals surface area (Å²) in [5.41, 5.74) is 5.19. The molecule has 0 unspecified atom stereocenters. The van der Waals surface area contributed by atoms with Crippen molar-refractivity contribution in [3.8, 4) is 0 Å². The Kier molecular flexibility index (Phi) is 7.18. The van der Waals surface area contributed by atoms with Crippen molar-refractivity contribution < 1.29 is 4.79 Å². The molecule has 0 radical (unpaired) electrons. The van der Waals surface area contributed by atoms with Gasteiger partial charge in [0.15, 0.2) is 0 Å². The molecule has 0 aromatic carbocycles. The molecule has 0 fully saturated rings. The Morgan fingerprint density at radius 3 is 2.59 bits per heavy atom. The summed E-state index contributed by atoms with van der Waals surface area (Å²) in [7, 11) is 0. The smallest absolute Gasteiger partial charge is 0.230 e. The molecule has 0 bridgehead atoms. The van der Waals surface area contributed by atoms with Gasteiger partial charge in [-0.15, -0.1) is 24.2 Å². The van der Waals surface area contributed by atoms with Gasteiger partial charge in [-0.3, -0.25) is 9.78 Å². The standard InChI is InChI=1S/C11H17N3OS.ClH/c1-11(2,8-12)14-10(15)7-16-9-3-5-13-6-4-9;/h3-6H,7-8,12H2,1-2H3,(H,14,15);1H. The van der Waals surface area contributed by atoms with Gasteiger partial charge in [-0.2, -0.15) is 0 Å². The number of thioether (sulfide) groups is 1. The van der Waals surface area contributed by atoms with Gasteiger partial charge in [-0.1, -0.05) is 0 Å². The Hall–Kier alpha value is -0.780. The lowest BCUT2D eigenvalue weighted by Gasteiger charge is -2.23. The molecule has 0 saturated heterocycles. The third kappa shape index (κ3) is 6.51. The summed E-state index contributed by atoms with van der Waals surface area (Å²) in [5.74, 6) is 0.394. The number of nitrogens with one attached hydrogen (secondary N) is 1. The molecule has 96 valence electrons. The third-order valence-corrected chi connectivity index (χ3v) is 3.02. The Bertz CT molecular complexity index is 346. The molecule has 4 nitrogen and oxygen atoms in total. The molecule has 1 aromatic heterocycles. The van der Waals surface area contributed by atoms with Gasteiger partial charge >= 0.3 is 0 Å². The van der Waals surface area contributed by atoms with Crippen LogP contribution in [-0.4, -0.2) is 28.7 Å². The summed E-state index contributed by atoms with van der Waals surface area (Å²) in [5, 5.41) is 2.88. The van der Waals surface area contributed by atoms with Crippen LogP contribution in [0.15, 0.2) is 29.4 Å². The number of rotatable bonds is 5. The van der Waals surface area contributed by atoms with Crippen molar-refractivity contribution in [1.82, 2.24) is 10.3 Å². The van der Waals surface area contributed by atoms with Crippen LogP contribution >= 0.6 is 24.2 Å². The highest BCUT2D eigenvalue weighted by Gasteiger charge is 2.17. The molecule has 0 aliphatic rings. The molecule has 0 spiro atoms. The first-order valence-electron chi connectivity index (χ1n) is 5.07. The molecule has 17 heavy (non-hydrogen) atoms. The number of halogens is 1. The maximum atomic E-state index is 11.6. The molecule has 0 aliphatic carbocycles. The van der Waals surface area contributed by atoms with Crippen molar-refractivity contribution in [2.75, 3.05) is 12.3 Å². The van der Waals surface area contributed by atoms with Gasteiger partial charge in [-0.25, -0.2) is 0 Å². The molecule has 6 heteroatoms. The van der Waals surface area contributed by atoms with E-state index in [1.807, 2.05) is 26.0 Å². The van der Waals surface area contributed by atoms with Crippen molar-refractivity contribution in [3.63, 3.8) is 0 Å². The van der Waals surface area contributed by atoms with E-state index >= 15 is 0 Å². The van der Waals surface area contributed by atoms with E-state index in [1.165, 1.54) is 11.8 Å². The molecule has 1 rings (SSSR count). The molecule has 1 heterocycles. The molecule has 0 atom stereocenters. The first-order valence-corrected chi connectivity index (χ1v) is 6.06. The fraction of sp³-hybridized carbons (Fsp3) is 0.455. The molecule has 0 saturated carbocycles. The van der Waals surface area contributed by atoms with E-state index in [2.05, 4.69) is 10.3 Å². The second-order valence-corrected chi connectivity index (χ2v) is 5.16. The predicted octanol–water partition coefficient (Wildman–Crippen LogP) is 1.45. The van der Waals surface area contributed by atoms with E-state index in [-0.39, 0.29) is 23.9 Å². The van der Waals surface area contributed by atoms with Crippen LogP contribution in [0.2, 0.25) is 0 Å². The molecule has 0 aliphatic heterocycles. The second kappa shape index (κ2) is 7.53. The first kappa shape index (κ1) is 16.2. The van der Waals surface area contributed by atoms with E-state index < -0.39 is 0 Å². The highest BCUT2D eigenvalue weighted by Crippen LogP contribution is 2.15. The lowest BCUT2D eigenvalue weighted by atomic mass is 10.1. The van der Waals surface area contributed by atoms with Crippen molar-refractivity contribution in [1.29, 1.82) is 0 Å². The molecule has 1 aromatic rings. The van der Waals surface area contributed by atoms with Crippen LogP contribution in [-0.2, 0) is 4.79 Å². The maximum Gasteiger partial charge on any atom is 0.230 e. The highest BCUT2D eigenvalue weighted by atomic mass is 35.5. The minimum Gasteiger partial charge on any atom is -0.349 e. The zero-order valence-corrected chi connectivity index (χ0v) is 11.6. The average Bonchev–Trinajstić information content (AvgIpc) is 2.27. The van der Waals surface area contributed by atoms with Crippen LogP contribution < -0.4 is 11.1 Å². The van der Waals surface area contributed by atoms with Crippen molar-refractivity contribution in [2.24, 2.45) is 5.73 Å². The normalized spacial score (nSPS) is 10.5. The zero-order valence-electron chi connectivity index (χ0n) is 9.97. The summed E-state index contributed by atoms with van der Waals surface area (Å²) in [4.78, 5) is 16.5. The number of nitrogens with zero attached hydrogens (tertiary/aromatic N) is 1. The Morgan fingerprint density at radius 1 is 1.47 bits per heavy atom. The summed E-state index contributed by atoms with van der Waals surface area (Å²) in [6.07, 6.45) is 3.42. The molecular weight excluding hydrogens is 258 g/mol. The minimum absolute atomic E-state index is 0. The number of carbonyl (C=O) groups excluding carboxylic acids is 1. The van der Waals surface area contributed by atoms with E-state index in [9.17, 15) is 4.79 Å². The third-order valence-electron chi connectivity index (χ3n) is 2.01. The van der Waals surface area contributed by atoms with Gasteiger partial charge in [0.2, 0.25) is 5.91 Å². The highest BCUT2D eigenvalue weighted by molar-refractivity contribution is 8.00. The van der Waals surface area contributed by atoms with Crippen molar-refractivity contribution in [2.45, 2.75) is 24.3 Å². The first-order chi connectivity index (χ1) is 7.53. The number of amides is 1. The van der Waals surface area contributed by atoms with Crippen LogP contribution in [0, 0.1) is 0 Å². The van der Waals surface area contributed by atoms with Gasteiger partial charge in [0.25, 0.3) is 0 Å². The van der Waals surface area contributed by atoms with E-state index in [4.69, 9.17) is 5.73 Å². The zero-order chi connectivity index (χ0) is 12.0. The minimum atomic E-state index is -0.337. The van der Waals surface area contributed by atoms with Gasteiger partial charge < -0.3 is 11.1 Å². The predicted molar refractivity (Wildman–Crippen MR) is 73.5 cm³/mol. The second-order valence-electron chi connectivity index (χ2n) is 4.11. The fourth-order valence-corrected chi connectivity index (χ4v) is 1.73. The SMILES string of the molecule is CC(C)(CN)NC(=O)CSc1ccncc1.Cl. The molecule has 3 N–H and O–H groups in total. The number of aromatic nitrogens is 1. The quantitative estimate of drug-likeness (QED) is 0.798. The van der Waals surface area contributed by atoms with Gasteiger partial charge in [0, 0.05) is 29.4 Å². The number of hydrogen-bond donors (Lipinski definition) is 2. The van der Waals surface area contributed by atoms with E-state index in [1.54, 1.807) is 12.4 Å². The lowest BCUT2D eigenvalue weighted by molar-refractivity contribution is -0.120. The number of pyridine rings is 1. The largest absolute Gasteiger partial charge is 0.349 e. The van der Waals surface area contributed by atoms with Gasteiger partial charge in [-0.05, 0) is 26.0 Å². The van der Waals surface area contributed by atoms with Crippen LogP contribution in [0.25, 0.3) is 0 Å². The Morgan fingerprint density at radius 2 is 2.06 bits per heavy atom. The number of carbonyl (C=O) groups is 1. The van der Waals surface area contributed by atoms with E-state index in [0.29, 0.717) is 12.3 Å². The monoisotopic (exact) mass is 275 g/mol. The Labute approximate surface area is 112 Å².